The van der Waals surface area contributed by atoms with E-state index >= 15 is 0 Å². The fourth-order valence-electron chi connectivity index (χ4n) is 3.12. The number of hydrogen-bond donors (Lipinski definition) is 2. The van der Waals surface area contributed by atoms with Crippen molar-refractivity contribution in [2.75, 3.05) is 18.4 Å². The minimum atomic E-state index is -0.106. The van der Waals surface area contributed by atoms with Gasteiger partial charge in [0.1, 0.15) is 0 Å². The highest BCUT2D eigenvalue weighted by atomic mass is 32.1. The van der Waals surface area contributed by atoms with E-state index < -0.39 is 0 Å². The van der Waals surface area contributed by atoms with Gasteiger partial charge >= 0.3 is 0 Å². The lowest BCUT2D eigenvalue weighted by molar-refractivity contribution is 0.102. The zero-order valence-electron chi connectivity index (χ0n) is 12.8. The first-order chi connectivity index (χ1) is 11.3. The number of nitrogens with one attached hydrogen (secondary N) is 2. The number of benzene rings is 1. The summed E-state index contributed by atoms with van der Waals surface area (Å²) in [4.78, 5) is 18.0. The van der Waals surface area contributed by atoms with Crippen LogP contribution in [-0.2, 0) is 18.0 Å². The van der Waals surface area contributed by atoms with Gasteiger partial charge in [-0.2, -0.15) is 0 Å². The van der Waals surface area contributed by atoms with E-state index in [4.69, 9.17) is 4.74 Å². The van der Waals surface area contributed by atoms with Crippen molar-refractivity contribution in [1.29, 1.82) is 0 Å². The number of aromatic nitrogens is 1. The average Bonchev–Trinajstić information content (AvgIpc) is 3.24. The summed E-state index contributed by atoms with van der Waals surface area (Å²) in [7, 11) is 0. The number of hydrogen-bond acceptors (Lipinski definition) is 5. The first kappa shape index (κ1) is 14.8. The molecule has 2 aromatic rings. The van der Waals surface area contributed by atoms with E-state index in [1.807, 2.05) is 24.4 Å². The van der Waals surface area contributed by atoms with E-state index in [9.17, 15) is 4.79 Å². The first-order valence-corrected chi connectivity index (χ1v) is 8.78. The summed E-state index contributed by atoms with van der Waals surface area (Å²) in [6.45, 7) is 3.35. The maximum absolute atomic E-state index is 12.4. The molecular weight excluding hydrogens is 310 g/mol. The van der Waals surface area contributed by atoms with Gasteiger partial charge in [-0.1, -0.05) is 6.07 Å². The second kappa shape index (κ2) is 6.39. The van der Waals surface area contributed by atoms with Gasteiger partial charge < -0.3 is 10.1 Å². The lowest BCUT2D eigenvalue weighted by atomic mass is 9.97. The van der Waals surface area contributed by atoms with E-state index in [2.05, 4.69) is 15.6 Å². The van der Waals surface area contributed by atoms with Crippen molar-refractivity contribution < 1.29 is 9.53 Å². The molecule has 0 aliphatic carbocycles. The van der Waals surface area contributed by atoms with Crippen LogP contribution in [0, 0.1) is 0 Å². The van der Waals surface area contributed by atoms with Crippen LogP contribution in [0.1, 0.15) is 45.1 Å². The number of carbonyl (C=O) groups is 1. The van der Waals surface area contributed by atoms with Crippen molar-refractivity contribution >= 4 is 22.4 Å². The SMILES string of the molecule is O=C(Nc1ncc(C2CCNCC2)s1)c1ccc2c(c1)COC2. The molecule has 0 unspecified atom stereocenters. The van der Waals surface area contributed by atoms with Crippen molar-refractivity contribution in [3.05, 3.63) is 46.0 Å². The Bertz CT molecular complexity index is 722. The molecule has 0 atom stereocenters. The Morgan fingerprint density at radius 2 is 2.09 bits per heavy atom. The molecule has 0 radical (unpaired) electrons. The largest absolute Gasteiger partial charge is 0.372 e. The Labute approximate surface area is 139 Å². The van der Waals surface area contributed by atoms with Gasteiger partial charge in [-0.15, -0.1) is 11.3 Å². The van der Waals surface area contributed by atoms with Gasteiger partial charge in [0.25, 0.3) is 5.91 Å². The number of thiazole rings is 1. The quantitative estimate of drug-likeness (QED) is 0.909. The Kier molecular flexibility index (Phi) is 4.11. The van der Waals surface area contributed by atoms with Crippen molar-refractivity contribution in [3.63, 3.8) is 0 Å². The normalized spacial score (nSPS) is 17.9. The number of rotatable bonds is 3. The lowest BCUT2D eigenvalue weighted by Gasteiger charge is -2.20. The smallest absolute Gasteiger partial charge is 0.257 e. The fourth-order valence-corrected chi connectivity index (χ4v) is 4.10. The summed E-state index contributed by atoms with van der Waals surface area (Å²) in [6.07, 6.45) is 4.19. The minimum absolute atomic E-state index is 0.106. The number of piperidine rings is 1. The molecule has 120 valence electrons. The second-order valence-electron chi connectivity index (χ2n) is 6.02. The van der Waals surface area contributed by atoms with Crippen LogP contribution in [0.25, 0.3) is 0 Å². The number of nitrogens with zero attached hydrogens (tertiary/aromatic N) is 1. The van der Waals surface area contributed by atoms with Gasteiger partial charge in [-0.05, 0) is 55.1 Å². The molecule has 5 nitrogen and oxygen atoms in total. The second-order valence-corrected chi connectivity index (χ2v) is 7.08. The van der Waals surface area contributed by atoms with Crippen molar-refractivity contribution in [1.82, 2.24) is 10.3 Å². The van der Waals surface area contributed by atoms with Gasteiger partial charge in [0.15, 0.2) is 5.13 Å². The zero-order valence-corrected chi connectivity index (χ0v) is 13.6. The standard InChI is InChI=1S/C17H19N3O2S/c21-16(12-1-2-13-9-22-10-14(13)7-12)20-17-19-8-15(23-17)11-3-5-18-6-4-11/h1-2,7-8,11,18H,3-6,9-10H2,(H,19,20,21). The molecule has 3 heterocycles. The topological polar surface area (TPSA) is 63.2 Å². The Balaban J connectivity index is 1.45. The lowest BCUT2D eigenvalue weighted by Crippen LogP contribution is -2.26. The number of anilines is 1. The summed E-state index contributed by atoms with van der Waals surface area (Å²) >= 11 is 1.59. The van der Waals surface area contributed by atoms with E-state index in [0.29, 0.717) is 29.8 Å². The zero-order chi connectivity index (χ0) is 15.6. The number of amides is 1. The summed E-state index contributed by atoms with van der Waals surface area (Å²) < 4.78 is 5.39. The molecule has 23 heavy (non-hydrogen) atoms. The van der Waals surface area contributed by atoms with Crippen LogP contribution in [0.2, 0.25) is 0 Å². The van der Waals surface area contributed by atoms with E-state index in [1.54, 1.807) is 11.3 Å². The van der Waals surface area contributed by atoms with E-state index in [0.717, 1.165) is 31.5 Å². The van der Waals surface area contributed by atoms with Crippen molar-refractivity contribution in [3.8, 4) is 0 Å². The summed E-state index contributed by atoms with van der Waals surface area (Å²) in [5, 5.41) is 6.97. The molecule has 0 bridgehead atoms. The molecular formula is C17H19N3O2S. The van der Waals surface area contributed by atoms with Crippen LogP contribution in [0.5, 0.6) is 0 Å². The Morgan fingerprint density at radius 3 is 2.96 bits per heavy atom. The molecule has 2 aliphatic rings. The van der Waals surface area contributed by atoms with E-state index in [-0.39, 0.29) is 5.91 Å². The summed E-state index contributed by atoms with van der Waals surface area (Å²) in [5.41, 5.74) is 2.93. The number of carbonyl (C=O) groups excluding carboxylic acids is 1. The molecule has 6 heteroatoms. The molecule has 1 saturated heterocycles. The molecule has 1 amide bonds. The first-order valence-electron chi connectivity index (χ1n) is 7.97. The predicted octanol–water partition coefficient (Wildman–Crippen LogP) is 2.89. The molecule has 2 aliphatic heterocycles. The van der Waals surface area contributed by atoms with Crippen molar-refractivity contribution in [2.45, 2.75) is 32.0 Å². The highest BCUT2D eigenvalue weighted by Gasteiger charge is 2.19. The third-order valence-corrected chi connectivity index (χ3v) is 5.54. The third-order valence-electron chi connectivity index (χ3n) is 4.47. The fraction of sp³-hybridized carbons (Fsp3) is 0.412. The Morgan fingerprint density at radius 1 is 1.26 bits per heavy atom. The molecule has 1 aromatic heterocycles. The maximum Gasteiger partial charge on any atom is 0.257 e. The molecule has 1 fully saturated rings. The van der Waals surface area contributed by atoms with Crippen LogP contribution in [-0.4, -0.2) is 24.0 Å². The minimum Gasteiger partial charge on any atom is -0.372 e. The molecule has 2 N–H and O–H groups in total. The number of fused-ring (bicyclic) bond motifs is 1. The van der Waals surface area contributed by atoms with Crippen LogP contribution in [0.15, 0.2) is 24.4 Å². The highest BCUT2D eigenvalue weighted by Crippen LogP contribution is 2.32. The van der Waals surface area contributed by atoms with Gasteiger partial charge in [0, 0.05) is 16.6 Å². The molecule has 0 saturated carbocycles. The van der Waals surface area contributed by atoms with Gasteiger partial charge in [-0.3, -0.25) is 10.1 Å². The summed E-state index contributed by atoms with van der Waals surface area (Å²) in [6, 6.07) is 5.74. The van der Waals surface area contributed by atoms with Crippen molar-refractivity contribution in [2.24, 2.45) is 0 Å². The van der Waals surface area contributed by atoms with E-state index in [1.165, 1.54) is 10.4 Å². The van der Waals surface area contributed by atoms with Crippen LogP contribution < -0.4 is 10.6 Å². The molecule has 1 aromatic carbocycles. The summed E-state index contributed by atoms with van der Waals surface area (Å²) in [5.74, 6) is 0.461. The average molecular weight is 329 g/mol. The molecule has 4 rings (SSSR count). The van der Waals surface area contributed by atoms with Gasteiger partial charge in [0.05, 0.1) is 13.2 Å². The number of ether oxygens (including phenoxy) is 1. The monoisotopic (exact) mass is 329 g/mol. The predicted molar refractivity (Wildman–Crippen MR) is 89.8 cm³/mol. The molecule has 0 spiro atoms. The van der Waals surface area contributed by atoms with Crippen LogP contribution >= 0.6 is 11.3 Å². The van der Waals surface area contributed by atoms with Gasteiger partial charge in [0.2, 0.25) is 0 Å². The highest BCUT2D eigenvalue weighted by molar-refractivity contribution is 7.15. The van der Waals surface area contributed by atoms with Crippen LogP contribution in [0.4, 0.5) is 5.13 Å². The maximum atomic E-state index is 12.4. The Hall–Kier alpha value is -1.76. The van der Waals surface area contributed by atoms with Crippen LogP contribution in [0.3, 0.4) is 0 Å². The third kappa shape index (κ3) is 3.15. The van der Waals surface area contributed by atoms with Gasteiger partial charge in [-0.25, -0.2) is 4.98 Å².